The van der Waals surface area contributed by atoms with E-state index in [1.807, 2.05) is 27.8 Å². The van der Waals surface area contributed by atoms with Gasteiger partial charge in [0.25, 0.3) is 11.5 Å². The molecule has 1 amide bonds. The largest absolute Gasteiger partial charge is 0.378 e. The van der Waals surface area contributed by atoms with Crippen LogP contribution in [0.15, 0.2) is 41.5 Å². The average molecular weight is 488 g/mol. The van der Waals surface area contributed by atoms with Crippen LogP contribution in [0.4, 0.5) is 5.95 Å². The third-order valence-corrected chi connectivity index (χ3v) is 7.05. The highest BCUT2D eigenvalue weighted by Crippen LogP contribution is 2.24. The number of aromatic nitrogens is 5. The molecule has 0 aromatic carbocycles. The van der Waals surface area contributed by atoms with Crippen LogP contribution in [0.25, 0.3) is 16.7 Å². The van der Waals surface area contributed by atoms with Gasteiger partial charge in [0, 0.05) is 38.6 Å². The van der Waals surface area contributed by atoms with E-state index in [1.54, 1.807) is 18.3 Å². The number of unbranched alkanes of at least 4 members (excludes halogenated alkanes) is 1. The minimum absolute atomic E-state index is 0.102. The number of pyridine rings is 1. The molecule has 10 nitrogen and oxygen atoms in total. The minimum atomic E-state index is -0.160. The van der Waals surface area contributed by atoms with Crippen molar-refractivity contribution in [2.24, 2.45) is 0 Å². The molecule has 0 saturated carbocycles. The number of amides is 1. The van der Waals surface area contributed by atoms with Gasteiger partial charge in [0.15, 0.2) is 0 Å². The van der Waals surface area contributed by atoms with E-state index in [-0.39, 0.29) is 11.5 Å². The summed E-state index contributed by atoms with van der Waals surface area (Å²) in [7, 11) is 0. The Morgan fingerprint density at radius 1 is 1.14 bits per heavy atom. The number of hydrogen-bond acceptors (Lipinski definition) is 7. The third-order valence-electron chi connectivity index (χ3n) is 7.05. The van der Waals surface area contributed by atoms with Crippen LogP contribution in [-0.4, -0.2) is 67.6 Å². The number of fused-ring (bicyclic) bond motifs is 3. The maximum absolute atomic E-state index is 13.9. The molecule has 10 heteroatoms. The van der Waals surface area contributed by atoms with E-state index in [1.165, 1.54) is 4.40 Å². The van der Waals surface area contributed by atoms with Gasteiger partial charge in [-0.2, -0.15) is 0 Å². The topological polar surface area (TPSA) is 97.9 Å². The molecule has 0 radical (unpaired) electrons. The summed E-state index contributed by atoms with van der Waals surface area (Å²) in [5, 5.41) is 0.465. The van der Waals surface area contributed by atoms with Crippen LogP contribution in [0.2, 0.25) is 0 Å². The highest BCUT2D eigenvalue weighted by Gasteiger charge is 2.28. The summed E-state index contributed by atoms with van der Waals surface area (Å²) in [6, 6.07) is 7.20. The van der Waals surface area contributed by atoms with Crippen molar-refractivity contribution in [3.05, 3.63) is 64.0 Å². The van der Waals surface area contributed by atoms with E-state index < -0.39 is 0 Å². The fourth-order valence-electron chi connectivity index (χ4n) is 5.02. The molecule has 0 N–H and O–H groups in total. The number of anilines is 1. The third kappa shape index (κ3) is 3.91. The summed E-state index contributed by atoms with van der Waals surface area (Å²) in [6.45, 7) is 6.58. The van der Waals surface area contributed by atoms with Crippen molar-refractivity contribution in [1.82, 2.24) is 28.8 Å². The molecule has 0 atom stereocenters. The van der Waals surface area contributed by atoms with E-state index in [2.05, 4.69) is 16.8 Å². The first kappa shape index (κ1) is 22.7. The van der Waals surface area contributed by atoms with Crippen LogP contribution in [0.5, 0.6) is 0 Å². The fourth-order valence-corrected chi connectivity index (χ4v) is 5.02. The summed E-state index contributed by atoms with van der Waals surface area (Å²) < 4.78 is 8.90. The Bertz CT molecular complexity index is 1500. The van der Waals surface area contributed by atoms with Crippen molar-refractivity contribution in [3.8, 4) is 0 Å². The molecule has 0 bridgehead atoms. The first-order chi connectivity index (χ1) is 17.6. The van der Waals surface area contributed by atoms with Crippen molar-refractivity contribution in [2.45, 2.75) is 39.3 Å². The van der Waals surface area contributed by atoms with Gasteiger partial charge >= 0.3 is 0 Å². The summed E-state index contributed by atoms with van der Waals surface area (Å²) in [6.07, 6.45) is 6.16. The number of carbonyl (C=O) groups excluding carboxylic acids is 1. The predicted molar refractivity (Wildman–Crippen MR) is 135 cm³/mol. The standard InChI is InChI=1S/C26H29N7O3/c1-2-3-8-32-21(15-19-23(32)29-22-6-4-5-9-33(22)24(19)34)25(35)31-10-7-18-16-27-26(28-20(18)17-31)30-11-13-36-14-12-30/h4-6,9,15-16H,2-3,7-8,10-14,17H2,1H3. The van der Waals surface area contributed by atoms with E-state index >= 15 is 0 Å². The highest BCUT2D eigenvalue weighted by molar-refractivity contribution is 5.98. The monoisotopic (exact) mass is 487 g/mol. The van der Waals surface area contributed by atoms with Crippen molar-refractivity contribution >= 4 is 28.5 Å². The molecule has 0 unspecified atom stereocenters. The maximum atomic E-state index is 13.9. The maximum Gasteiger partial charge on any atom is 0.270 e. The summed E-state index contributed by atoms with van der Waals surface area (Å²) in [5.41, 5.74) is 3.44. The van der Waals surface area contributed by atoms with Gasteiger partial charge in [-0.05, 0) is 36.6 Å². The lowest BCUT2D eigenvalue weighted by molar-refractivity contribution is 0.0721. The van der Waals surface area contributed by atoms with Gasteiger partial charge in [0.2, 0.25) is 5.95 Å². The molecule has 1 fully saturated rings. The van der Waals surface area contributed by atoms with Gasteiger partial charge in [-0.15, -0.1) is 0 Å². The van der Waals surface area contributed by atoms with Gasteiger partial charge in [0.1, 0.15) is 17.0 Å². The second-order valence-corrected chi connectivity index (χ2v) is 9.34. The molecule has 6 rings (SSSR count). The molecule has 186 valence electrons. The quantitative estimate of drug-likeness (QED) is 0.426. The van der Waals surface area contributed by atoms with Crippen molar-refractivity contribution in [1.29, 1.82) is 0 Å². The summed E-state index contributed by atoms with van der Waals surface area (Å²) in [4.78, 5) is 45.2. The summed E-state index contributed by atoms with van der Waals surface area (Å²) in [5.74, 6) is 0.585. The number of morpholine rings is 1. The number of rotatable bonds is 5. The van der Waals surface area contributed by atoms with Crippen LogP contribution in [0.1, 0.15) is 41.5 Å². The van der Waals surface area contributed by atoms with Crippen LogP contribution in [0, 0.1) is 0 Å². The minimum Gasteiger partial charge on any atom is -0.378 e. The molecule has 2 aliphatic rings. The zero-order chi connectivity index (χ0) is 24.6. The van der Waals surface area contributed by atoms with Crippen molar-refractivity contribution in [2.75, 3.05) is 37.7 Å². The smallest absolute Gasteiger partial charge is 0.270 e. The lowest BCUT2D eigenvalue weighted by atomic mass is 10.1. The van der Waals surface area contributed by atoms with Crippen molar-refractivity contribution < 1.29 is 9.53 Å². The Morgan fingerprint density at radius 2 is 2.00 bits per heavy atom. The normalized spacial score (nSPS) is 16.0. The Labute approximate surface area is 208 Å². The second-order valence-electron chi connectivity index (χ2n) is 9.34. The van der Waals surface area contributed by atoms with E-state index in [0.29, 0.717) is 67.6 Å². The average Bonchev–Trinajstić information content (AvgIpc) is 3.30. The van der Waals surface area contributed by atoms with E-state index in [4.69, 9.17) is 14.7 Å². The molecular formula is C26H29N7O3. The zero-order valence-corrected chi connectivity index (χ0v) is 20.4. The molecule has 0 aliphatic carbocycles. The van der Waals surface area contributed by atoms with Gasteiger partial charge in [0.05, 0.1) is 30.8 Å². The fraction of sp³-hybridized carbons (Fsp3) is 0.423. The van der Waals surface area contributed by atoms with E-state index in [0.717, 1.165) is 37.2 Å². The van der Waals surface area contributed by atoms with Crippen LogP contribution >= 0.6 is 0 Å². The number of aryl methyl sites for hydroxylation is 1. The molecule has 2 aliphatic heterocycles. The molecule has 1 saturated heterocycles. The molecule has 0 spiro atoms. The van der Waals surface area contributed by atoms with Crippen LogP contribution in [0.3, 0.4) is 0 Å². The lowest BCUT2D eigenvalue weighted by Crippen LogP contribution is -2.39. The van der Waals surface area contributed by atoms with Gasteiger partial charge in [-0.3, -0.25) is 14.0 Å². The Kier molecular flexibility index (Phi) is 5.88. The van der Waals surface area contributed by atoms with Gasteiger partial charge < -0.3 is 19.1 Å². The Hall–Kier alpha value is -3.79. The Balaban J connectivity index is 1.36. The molecule has 6 heterocycles. The van der Waals surface area contributed by atoms with Crippen LogP contribution < -0.4 is 10.5 Å². The predicted octanol–water partition coefficient (Wildman–Crippen LogP) is 2.27. The van der Waals surface area contributed by atoms with Crippen molar-refractivity contribution in [3.63, 3.8) is 0 Å². The van der Waals surface area contributed by atoms with Crippen LogP contribution in [-0.2, 0) is 24.2 Å². The second kappa shape index (κ2) is 9.34. The Morgan fingerprint density at radius 3 is 2.83 bits per heavy atom. The number of nitrogens with zero attached hydrogens (tertiary/aromatic N) is 7. The number of hydrogen-bond donors (Lipinski definition) is 0. The van der Waals surface area contributed by atoms with Gasteiger partial charge in [-0.1, -0.05) is 19.4 Å². The lowest BCUT2D eigenvalue weighted by Gasteiger charge is -2.31. The first-order valence-electron chi connectivity index (χ1n) is 12.6. The number of ether oxygens (including phenoxy) is 1. The van der Waals surface area contributed by atoms with Gasteiger partial charge in [-0.25, -0.2) is 15.0 Å². The molecule has 36 heavy (non-hydrogen) atoms. The molecule has 4 aromatic rings. The summed E-state index contributed by atoms with van der Waals surface area (Å²) >= 11 is 0. The molecule has 4 aromatic heterocycles. The first-order valence-corrected chi connectivity index (χ1v) is 12.6. The highest BCUT2D eigenvalue weighted by atomic mass is 16.5. The van der Waals surface area contributed by atoms with E-state index in [9.17, 15) is 9.59 Å². The SMILES string of the molecule is CCCCn1c(C(=O)N2CCc3cnc(N4CCOCC4)nc3C2)cc2c(=O)n3ccccc3nc21. The zero-order valence-electron chi connectivity index (χ0n) is 20.4. The number of carbonyl (C=O) groups is 1. The molecular weight excluding hydrogens is 458 g/mol.